The fourth-order valence-corrected chi connectivity index (χ4v) is 4.74. The summed E-state index contributed by atoms with van der Waals surface area (Å²) in [6.07, 6.45) is 4.93. The van der Waals surface area contributed by atoms with Crippen LogP contribution in [0.1, 0.15) is 28.9 Å². The van der Waals surface area contributed by atoms with Crippen LogP contribution in [0.4, 0.5) is 4.39 Å². The molecule has 0 spiro atoms. The second-order valence-corrected chi connectivity index (χ2v) is 9.25. The van der Waals surface area contributed by atoms with Gasteiger partial charge in [0.15, 0.2) is 0 Å². The number of fused-ring (bicyclic) bond motifs is 1. The van der Waals surface area contributed by atoms with E-state index in [1.807, 2.05) is 17.0 Å². The van der Waals surface area contributed by atoms with Crippen LogP contribution in [0.3, 0.4) is 0 Å². The van der Waals surface area contributed by atoms with Crippen molar-refractivity contribution in [2.75, 3.05) is 39.4 Å². The number of carbonyl (C=O) groups excluding carboxylic acids is 2. The van der Waals surface area contributed by atoms with Crippen molar-refractivity contribution >= 4 is 22.7 Å². The highest BCUT2D eigenvalue weighted by Crippen LogP contribution is 2.21. The molecule has 3 aromatic rings. The van der Waals surface area contributed by atoms with Gasteiger partial charge in [-0.2, -0.15) is 0 Å². The molecule has 0 aliphatic carbocycles. The second kappa shape index (κ2) is 10.5. The minimum atomic E-state index is -0.368. The lowest BCUT2D eigenvalue weighted by atomic mass is 9.99. The van der Waals surface area contributed by atoms with Crippen LogP contribution in [-0.2, 0) is 20.9 Å². The average Bonchev–Trinajstić information content (AvgIpc) is 3.23. The first kappa shape index (κ1) is 23.4. The molecule has 0 radical (unpaired) electrons. The largest absolute Gasteiger partial charge is 0.381 e. The summed E-state index contributed by atoms with van der Waals surface area (Å²) >= 11 is 0. The fourth-order valence-electron chi connectivity index (χ4n) is 4.74. The molecule has 0 saturated carbocycles. The number of rotatable bonds is 6. The number of hydrogen-bond donors (Lipinski definition) is 1. The highest BCUT2D eigenvalue weighted by atomic mass is 19.1. The van der Waals surface area contributed by atoms with Crippen LogP contribution >= 0.6 is 0 Å². The van der Waals surface area contributed by atoms with Gasteiger partial charge in [0, 0.05) is 56.1 Å². The molecule has 1 atom stereocenters. The lowest BCUT2D eigenvalue weighted by molar-refractivity contribution is -0.132. The van der Waals surface area contributed by atoms with Gasteiger partial charge >= 0.3 is 0 Å². The Hall–Kier alpha value is -3.30. The van der Waals surface area contributed by atoms with Gasteiger partial charge in [0.2, 0.25) is 5.91 Å². The molecule has 2 amide bonds. The predicted molar refractivity (Wildman–Crippen MR) is 127 cm³/mol. The summed E-state index contributed by atoms with van der Waals surface area (Å²) < 4.78 is 25.3. The van der Waals surface area contributed by atoms with Gasteiger partial charge in [0.1, 0.15) is 18.1 Å². The van der Waals surface area contributed by atoms with Crippen LogP contribution < -0.4 is 0 Å². The average molecular weight is 481 g/mol. The molecule has 35 heavy (non-hydrogen) atoms. The summed E-state index contributed by atoms with van der Waals surface area (Å²) in [5.41, 5.74) is 1.92. The lowest BCUT2D eigenvalue weighted by Gasteiger charge is -2.30. The predicted octanol–water partition coefficient (Wildman–Crippen LogP) is 3.00. The zero-order chi connectivity index (χ0) is 24.2. The highest BCUT2D eigenvalue weighted by Gasteiger charge is 2.33. The molecule has 184 valence electrons. The number of aromatic amines is 1. The molecule has 5 rings (SSSR count). The first-order valence-corrected chi connectivity index (χ1v) is 12.0. The maximum atomic E-state index is 13.6. The molecule has 2 aliphatic rings. The molecule has 2 saturated heterocycles. The molecule has 1 unspecified atom stereocenters. The van der Waals surface area contributed by atoms with Crippen LogP contribution in [0.5, 0.6) is 0 Å². The van der Waals surface area contributed by atoms with E-state index in [0.29, 0.717) is 55.4 Å². The molecule has 2 fully saturated rings. The molecular formula is C26H29FN4O4. The van der Waals surface area contributed by atoms with E-state index in [1.165, 1.54) is 17.0 Å². The van der Waals surface area contributed by atoms with E-state index in [-0.39, 0.29) is 36.8 Å². The fraction of sp³-hybridized carbons (Fsp3) is 0.423. The van der Waals surface area contributed by atoms with Gasteiger partial charge in [0.25, 0.3) is 5.91 Å². The topological polar surface area (TPSA) is 87.8 Å². The second-order valence-electron chi connectivity index (χ2n) is 9.25. The number of ether oxygens (including phenoxy) is 2. The van der Waals surface area contributed by atoms with Crippen LogP contribution in [0.2, 0.25) is 0 Å². The van der Waals surface area contributed by atoms with Crippen molar-refractivity contribution in [2.45, 2.75) is 25.6 Å². The van der Waals surface area contributed by atoms with Crippen LogP contribution in [0.15, 0.2) is 48.8 Å². The third-order valence-electron chi connectivity index (χ3n) is 6.66. The van der Waals surface area contributed by atoms with E-state index in [2.05, 4.69) is 9.97 Å². The smallest absolute Gasteiger partial charge is 0.270 e. The van der Waals surface area contributed by atoms with Gasteiger partial charge in [0.05, 0.1) is 12.7 Å². The van der Waals surface area contributed by atoms with Crippen molar-refractivity contribution in [3.63, 3.8) is 0 Å². The normalized spacial score (nSPS) is 19.8. The maximum Gasteiger partial charge on any atom is 0.270 e. The van der Waals surface area contributed by atoms with E-state index in [0.717, 1.165) is 18.4 Å². The van der Waals surface area contributed by atoms with Crippen molar-refractivity contribution in [1.82, 2.24) is 19.8 Å². The molecule has 0 bridgehead atoms. The van der Waals surface area contributed by atoms with Gasteiger partial charge < -0.3 is 24.3 Å². The van der Waals surface area contributed by atoms with E-state index in [1.54, 1.807) is 24.5 Å². The van der Waals surface area contributed by atoms with Crippen molar-refractivity contribution < 1.29 is 23.5 Å². The number of halogens is 1. The van der Waals surface area contributed by atoms with E-state index in [9.17, 15) is 14.0 Å². The molecule has 2 aromatic heterocycles. The van der Waals surface area contributed by atoms with Crippen molar-refractivity contribution in [2.24, 2.45) is 5.92 Å². The molecule has 8 nitrogen and oxygen atoms in total. The van der Waals surface area contributed by atoms with E-state index >= 15 is 0 Å². The molecule has 2 aliphatic heterocycles. The summed E-state index contributed by atoms with van der Waals surface area (Å²) in [6, 6.07) is 9.74. The van der Waals surface area contributed by atoms with Gasteiger partial charge in [-0.25, -0.2) is 4.39 Å². The van der Waals surface area contributed by atoms with Gasteiger partial charge in [-0.05, 0) is 54.7 Å². The first-order chi connectivity index (χ1) is 17.0. The number of aromatic nitrogens is 2. The summed E-state index contributed by atoms with van der Waals surface area (Å²) in [7, 11) is 0. The monoisotopic (exact) mass is 480 g/mol. The van der Waals surface area contributed by atoms with Crippen molar-refractivity contribution in [3.05, 3.63) is 65.9 Å². The molecule has 1 aromatic carbocycles. The van der Waals surface area contributed by atoms with Crippen molar-refractivity contribution in [1.29, 1.82) is 0 Å². The Morgan fingerprint density at radius 2 is 2.06 bits per heavy atom. The van der Waals surface area contributed by atoms with Crippen molar-refractivity contribution in [3.8, 4) is 0 Å². The number of carbonyl (C=O) groups is 2. The third kappa shape index (κ3) is 5.68. The summed E-state index contributed by atoms with van der Waals surface area (Å²) in [5, 5.41) is 0.611. The Labute approximate surface area is 203 Å². The van der Waals surface area contributed by atoms with E-state index < -0.39 is 0 Å². The Morgan fingerprint density at radius 3 is 2.86 bits per heavy atom. The number of nitrogens with zero attached hydrogens (tertiary/aromatic N) is 3. The SMILES string of the molecule is O=C1CN(C(=O)c2cc3cc(F)ccc3[nH]2)CC(OCc2cccnc2)CN1CC1CCOCC1. The minimum Gasteiger partial charge on any atom is -0.381 e. The number of H-pyrrole nitrogens is 1. The Bertz CT molecular complexity index is 1180. The lowest BCUT2D eigenvalue weighted by Crippen LogP contribution is -2.42. The Kier molecular flexibility index (Phi) is 7.06. The zero-order valence-corrected chi connectivity index (χ0v) is 19.5. The van der Waals surface area contributed by atoms with Gasteiger partial charge in [-0.3, -0.25) is 14.6 Å². The van der Waals surface area contributed by atoms with Crippen LogP contribution in [-0.4, -0.2) is 77.1 Å². The van der Waals surface area contributed by atoms with E-state index in [4.69, 9.17) is 9.47 Å². The Morgan fingerprint density at radius 1 is 1.20 bits per heavy atom. The number of hydrogen-bond acceptors (Lipinski definition) is 5. The summed E-state index contributed by atoms with van der Waals surface area (Å²) in [5.74, 6) is -0.400. The standard InChI is InChI=1S/C26H29FN4O4/c27-21-3-4-23-20(10-21)11-24(29-23)26(33)31-15-22(35-17-19-2-1-7-28-12-19)14-30(25(32)16-31)13-18-5-8-34-9-6-18/h1-4,7,10-12,18,22,29H,5-6,8-9,13-17H2. The van der Waals surface area contributed by atoms with Gasteiger partial charge in [-0.1, -0.05) is 6.07 Å². The summed E-state index contributed by atoms with van der Waals surface area (Å²) in [4.78, 5) is 37.2. The third-order valence-corrected chi connectivity index (χ3v) is 6.66. The first-order valence-electron chi connectivity index (χ1n) is 12.0. The number of nitrogens with one attached hydrogen (secondary N) is 1. The minimum absolute atomic E-state index is 0.0292. The zero-order valence-electron chi connectivity index (χ0n) is 19.5. The highest BCUT2D eigenvalue weighted by molar-refractivity contribution is 5.99. The van der Waals surface area contributed by atoms with Gasteiger partial charge in [-0.15, -0.1) is 0 Å². The molecular weight excluding hydrogens is 451 g/mol. The molecule has 9 heteroatoms. The molecule has 1 N–H and O–H groups in total. The number of benzene rings is 1. The quantitative estimate of drug-likeness (QED) is 0.586. The summed E-state index contributed by atoms with van der Waals surface area (Å²) in [6.45, 7) is 3.04. The maximum absolute atomic E-state index is 13.6. The Balaban J connectivity index is 1.35. The molecule has 4 heterocycles. The van der Waals surface area contributed by atoms with Crippen LogP contribution in [0, 0.1) is 11.7 Å². The number of pyridine rings is 1. The van der Waals surface area contributed by atoms with Crippen LogP contribution in [0.25, 0.3) is 10.9 Å². The number of amides is 2.